The van der Waals surface area contributed by atoms with Crippen LogP contribution in [-0.2, 0) is 18.4 Å². The second-order valence-corrected chi connectivity index (χ2v) is 6.29. The van der Waals surface area contributed by atoms with Gasteiger partial charge >= 0.3 is 0 Å². The molecule has 1 heterocycles. The smallest absolute Gasteiger partial charge is 0.191 e. The number of aliphatic hydroxyl groups is 1. The number of hydrogen-bond donors (Lipinski definition) is 3. The van der Waals surface area contributed by atoms with Crippen molar-refractivity contribution in [3.8, 4) is 0 Å². The van der Waals surface area contributed by atoms with Crippen LogP contribution in [0, 0.1) is 0 Å². The summed E-state index contributed by atoms with van der Waals surface area (Å²) in [6, 6.07) is 12.2. The fourth-order valence-electron chi connectivity index (χ4n) is 2.50. The number of nitrogens with one attached hydrogen (secondary N) is 2. The lowest BCUT2D eigenvalue weighted by Gasteiger charge is -2.19. The Labute approximate surface area is 173 Å². The Hall–Kier alpha value is -1.54. The van der Waals surface area contributed by atoms with Gasteiger partial charge in [-0.25, -0.2) is 4.99 Å². The van der Waals surface area contributed by atoms with E-state index >= 15 is 0 Å². The van der Waals surface area contributed by atoms with Crippen LogP contribution < -0.4 is 10.6 Å². The van der Waals surface area contributed by atoms with Gasteiger partial charge in [-0.05, 0) is 49.9 Å². The Kier molecular flexibility index (Phi) is 9.72. The number of furan rings is 1. The third-order valence-electron chi connectivity index (χ3n) is 4.08. The summed E-state index contributed by atoms with van der Waals surface area (Å²) in [5, 5.41) is 17.0. The predicted octanol–water partition coefficient (Wildman–Crippen LogP) is 3.47. The van der Waals surface area contributed by atoms with Gasteiger partial charge in [0, 0.05) is 13.1 Å². The quantitative estimate of drug-likeness (QED) is 0.314. The molecular weight excluding hydrogens is 441 g/mol. The summed E-state index contributed by atoms with van der Waals surface area (Å²) in [7, 11) is 0. The van der Waals surface area contributed by atoms with Gasteiger partial charge in [0.15, 0.2) is 5.96 Å². The monoisotopic (exact) mass is 471 g/mol. The van der Waals surface area contributed by atoms with Crippen molar-refractivity contribution in [3.05, 3.63) is 59.5 Å². The van der Waals surface area contributed by atoms with Crippen LogP contribution in [0.25, 0.3) is 0 Å². The summed E-state index contributed by atoms with van der Waals surface area (Å²) in [6.45, 7) is 7.65. The van der Waals surface area contributed by atoms with Crippen LogP contribution in [0.2, 0.25) is 0 Å². The van der Waals surface area contributed by atoms with E-state index in [1.165, 1.54) is 11.1 Å². The van der Waals surface area contributed by atoms with E-state index in [9.17, 15) is 5.11 Å². The van der Waals surface area contributed by atoms with Gasteiger partial charge in [0.2, 0.25) is 0 Å². The third kappa shape index (κ3) is 6.99. The second-order valence-electron chi connectivity index (χ2n) is 6.29. The van der Waals surface area contributed by atoms with Crippen LogP contribution in [-0.4, -0.2) is 30.7 Å². The molecule has 6 heteroatoms. The fraction of sp³-hybridized carbons (Fsp3) is 0.450. The molecule has 1 unspecified atom stereocenters. The molecule has 1 aromatic carbocycles. The minimum absolute atomic E-state index is 0. The van der Waals surface area contributed by atoms with Crippen molar-refractivity contribution in [3.63, 3.8) is 0 Å². The summed E-state index contributed by atoms with van der Waals surface area (Å²) in [5.74, 6) is 1.21. The molecule has 1 atom stereocenters. The number of nitrogens with zero attached hydrogens (tertiary/aromatic N) is 1. The normalized spacial score (nSPS) is 13.6. The SMILES string of the molecule is CCNC(=NCC(C)(O)c1ccco1)NCCc1ccc(CC)cc1.I. The lowest BCUT2D eigenvalue weighted by Crippen LogP contribution is -2.39. The number of rotatable bonds is 8. The van der Waals surface area contributed by atoms with Crippen molar-refractivity contribution >= 4 is 29.9 Å². The molecule has 144 valence electrons. The van der Waals surface area contributed by atoms with Gasteiger partial charge in [-0.3, -0.25) is 0 Å². The Morgan fingerprint density at radius 2 is 1.81 bits per heavy atom. The first-order chi connectivity index (χ1) is 12.0. The highest BCUT2D eigenvalue weighted by atomic mass is 127. The standard InChI is InChI=1S/C20H29N3O2.HI/c1-4-16-8-10-17(11-9-16)12-13-22-19(21-5-2)23-15-20(3,24)18-7-6-14-25-18;/h6-11,14,24H,4-5,12-13,15H2,1-3H3,(H2,21,22,23);1H. The van der Waals surface area contributed by atoms with Crippen molar-refractivity contribution in [2.45, 2.75) is 39.2 Å². The zero-order chi connectivity index (χ0) is 18.1. The maximum absolute atomic E-state index is 10.5. The van der Waals surface area contributed by atoms with E-state index in [1.54, 1.807) is 25.3 Å². The highest BCUT2D eigenvalue weighted by Crippen LogP contribution is 2.20. The number of hydrogen-bond acceptors (Lipinski definition) is 3. The van der Waals surface area contributed by atoms with Gasteiger partial charge in [-0.2, -0.15) is 0 Å². The topological polar surface area (TPSA) is 69.8 Å². The average Bonchev–Trinajstić information content (AvgIpc) is 3.16. The predicted molar refractivity (Wildman–Crippen MR) is 117 cm³/mol. The maximum Gasteiger partial charge on any atom is 0.191 e. The molecule has 0 fully saturated rings. The first-order valence-corrected chi connectivity index (χ1v) is 8.91. The average molecular weight is 471 g/mol. The molecule has 0 radical (unpaired) electrons. The minimum Gasteiger partial charge on any atom is -0.466 e. The summed E-state index contributed by atoms with van der Waals surface area (Å²) < 4.78 is 5.29. The molecule has 0 aliphatic carbocycles. The molecule has 0 saturated carbocycles. The van der Waals surface area contributed by atoms with Gasteiger partial charge in [0.05, 0.1) is 12.8 Å². The Morgan fingerprint density at radius 3 is 2.38 bits per heavy atom. The van der Waals surface area contributed by atoms with E-state index in [1.807, 2.05) is 6.92 Å². The molecule has 1 aromatic heterocycles. The van der Waals surface area contributed by atoms with Crippen LogP contribution in [0.3, 0.4) is 0 Å². The zero-order valence-electron chi connectivity index (χ0n) is 15.8. The van der Waals surface area contributed by atoms with E-state index < -0.39 is 5.60 Å². The van der Waals surface area contributed by atoms with Gasteiger partial charge in [-0.1, -0.05) is 31.2 Å². The number of guanidine groups is 1. The second kappa shape index (κ2) is 11.2. The molecule has 0 spiro atoms. The van der Waals surface area contributed by atoms with Crippen LogP contribution in [0.4, 0.5) is 0 Å². The van der Waals surface area contributed by atoms with Crippen molar-refractivity contribution in [2.75, 3.05) is 19.6 Å². The van der Waals surface area contributed by atoms with Gasteiger partial charge in [0.1, 0.15) is 11.4 Å². The van der Waals surface area contributed by atoms with Gasteiger partial charge in [0.25, 0.3) is 0 Å². The Morgan fingerprint density at radius 1 is 1.12 bits per heavy atom. The minimum atomic E-state index is -1.12. The van der Waals surface area contributed by atoms with Crippen molar-refractivity contribution in [1.29, 1.82) is 0 Å². The molecule has 0 aliphatic rings. The summed E-state index contributed by atoms with van der Waals surface area (Å²) in [4.78, 5) is 4.48. The van der Waals surface area contributed by atoms with Crippen molar-refractivity contribution in [1.82, 2.24) is 10.6 Å². The molecule has 26 heavy (non-hydrogen) atoms. The summed E-state index contributed by atoms with van der Waals surface area (Å²) >= 11 is 0. The van der Waals surface area contributed by atoms with Crippen molar-refractivity contribution < 1.29 is 9.52 Å². The number of aryl methyl sites for hydroxylation is 1. The molecule has 2 aromatic rings. The number of aliphatic imine (C=N–C) groups is 1. The Balaban J connectivity index is 0.00000338. The van der Waals surface area contributed by atoms with E-state index in [0.717, 1.165) is 25.9 Å². The molecule has 0 bridgehead atoms. The van der Waals surface area contributed by atoms with Crippen molar-refractivity contribution in [2.24, 2.45) is 4.99 Å². The van der Waals surface area contributed by atoms with E-state index in [2.05, 4.69) is 46.8 Å². The zero-order valence-corrected chi connectivity index (χ0v) is 18.1. The summed E-state index contributed by atoms with van der Waals surface area (Å²) in [6.07, 6.45) is 3.54. The van der Waals surface area contributed by atoms with Crippen LogP contribution in [0.15, 0.2) is 52.1 Å². The van der Waals surface area contributed by atoms with E-state index in [4.69, 9.17) is 4.42 Å². The molecule has 3 N–H and O–H groups in total. The summed E-state index contributed by atoms with van der Waals surface area (Å²) in [5.41, 5.74) is 1.52. The molecule has 2 rings (SSSR count). The van der Waals surface area contributed by atoms with Gasteiger partial charge in [-0.15, -0.1) is 24.0 Å². The molecule has 0 aliphatic heterocycles. The molecule has 0 saturated heterocycles. The maximum atomic E-state index is 10.5. The van der Waals surface area contributed by atoms with E-state index in [-0.39, 0.29) is 30.5 Å². The molecule has 5 nitrogen and oxygen atoms in total. The van der Waals surface area contributed by atoms with Crippen LogP contribution in [0.5, 0.6) is 0 Å². The van der Waals surface area contributed by atoms with E-state index in [0.29, 0.717) is 11.7 Å². The largest absolute Gasteiger partial charge is 0.466 e. The number of halogens is 1. The number of benzene rings is 1. The molecular formula is C20H30IN3O2. The van der Waals surface area contributed by atoms with Gasteiger partial charge < -0.3 is 20.2 Å². The first kappa shape index (κ1) is 22.5. The highest BCUT2D eigenvalue weighted by Gasteiger charge is 2.25. The van der Waals surface area contributed by atoms with Crippen LogP contribution >= 0.6 is 24.0 Å². The lowest BCUT2D eigenvalue weighted by atomic mass is 10.0. The molecule has 0 amide bonds. The van der Waals surface area contributed by atoms with Crippen LogP contribution in [0.1, 0.15) is 37.7 Å². The lowest BCUT2D eigenvalue weighted by molar-refractivity contribution is 0.0437. The first-order valence-electron chi connectivity index (χ1n) is 8.91. The Bertz CT molecular complexity index is 652. The highest BCUT2D eigenvalue weighted by molar-refractivity contribution is 14.0. The third-order valence-corrected chi connectivity index (χ3v) is 4.08. The fourth-order valence-corrected chi connectivity index (χ4v) is 2.50.